The van der Waals surface area contributed by atoms with E-state index in [1.54, 1.807) is 5.20 Å². The smallest absolute Gasteiger partial charge is 0.127 e. The summed E-state index contributed by atoms with van der Waals surface area (Å²) in [6.07, 6.45) is 0. The highest BCUT2D eigenvalue weighted by Crippen LogP contribution is 2.24. The number of hydrogen-bond donors (Lipinski definition) is 0. The van der Waals surface area contributed by atoms with Gasteiger partial charge in [-0.15, -0.1) is 11.1 Å². The minimum Gasteiger partial charge on any atom is -0.127 e. The van der Waals surface area contributed by atoms with Crippen LogP contribution >= 0.6 is 22.6 Å². The monoisotopic (exact) mass is 560 g/mol. The van der Waals surface area contributed by atoms with Crippen molar-refractivity contribution in [2.75, 3.05) is 0 Å². The molecule has 0 aliphatic carbocycles. The predicted molar refractivity (Wildman–Crippen MR) is 154 cm³/mol. The fourth-order valence-electron chi connectivity index (χ4n) is 1.84. The first-order chi connectivity index (χ1) is 12.1. The van der Waals surface area contributed by atoms with E-state index in [-0.39, 0.29) is 0 Å². The van der Waals surface area contributed by atoms with Gasteiger partial charge in [0.05, 0.1) is 16.1 Å². The molecule has 0 N–H and O–H groups in total. The number of hydrogen-bond acceptors (Lipinski definition) is 0. The molecule has 0 atom stereocenters. The zero-order valence-corrected chi connectivity index (χ0v) is 27.5. The van der Waals surface area contributed by atoms with Gasteiger partial charge in [0.1, 0.15) is 16.1 Å². The van der Waals surface area contributed by atoms with Crippen LogP contribution < -0.4 is 0 Å². The molecule has 28 heavy (non-hydrogen) atoms. The standard InChI is InChI=1S/C12H24Si2.C11H21ISi2/c1-11(9-10-13(3,4)5)12(2)14(6,7)8;1-10(8-9-13(2,3)4)11(12)14(5,6)7/h1-8H3;1-7H3/b12-11+;11-10+. The SMILES string of the molecule is C/C(C#C[Si](C)(C)C)=C(/C)[Si](C)(C)C.C/C(C#C[Si](C)(C)C)=C(/I)[Si](C)(C)C. The Bertz CT molecular complexity index is 644. The van der Waals surface area contributed by atoms with Gasteiger partial charge in [0.2, 0.25) is 0 Å². The maximum Gasteiger partial charge on any atom is 0.129 e. The Morgan fingerprint density at radius 2 is 0.857 bits per heavy atom. The van der Waals surface area contributed by atoms with Crippen molar-refractivity contribution in [3.8, 4) is 22.9 Å². The van der Waals surface area contributed by atoms with Crippen LogP contribution in [0.1, 0.15) is 20.8 Å². The summed E-state index contributed by atoms with van der Waals surface area (Å²) in [6.45, 7) is 34.5. The van der Waals surface area contributed by atoms with Gasteiger partial charge >= 0.3 is 0 Å². The Morgan fingerprint density at radius 3 is 1.11 bits per heavy atom. The highest BCUT2D eigenvalue weighted by Gasteiger charge is 2.19. The molecule has 0 aromatic rings. The van der Waals surface area contributed by atoms with Gasteiger partial charge in [0, 0.05) is 5.57 Å². The van der Waals surface area contributed by atoms with E-state index in [9.17, 15) is 0 Å². The van der Waals surface area contributed by atoms with E-state index in [2.05, 4.69) is 145 Å². The van der Waals surface area contributed by atoms with Crippen LogP contribution in [0, 0.1) is 22.9 Å². The van der Waals surface area contributed by atoms with Crippen molar-refractivity contribution in [1.82, 2.24) is 0 Å². The van der Waals surface area contributed by atoms with Gasteiger partial charge in [-0.3, -0.25) is 0 Å². The molecule has 0 aliphatic heterocycles. The van der Waals surface area contributed by atoms with Crippen molar-refractivity contribution in [2.24, 2.45) is 0 Å². The van der Waals surface area contributed by atoms with Gasteiger partial charge in [0.15, 0.2) is 0 Å². The van der Waals surface area contributed by atoms with Gasteiger partial charge in [-0.05, 0) is 29.5 Å². The highest BCUT2D eigenvalue weighted by molar-refractivity contribution is 14.1. The molecule has 0 saturated heterocycles. The molecule has 0 amide bonds. The van der Waals surface area contributed by atoms with Crippen LogP contribution in [0.15, 0.2) is 19.5 Å². The first kappa shape index (κ1) is 30.4. The molecule has 0 saturated carbocycles. The zero-order chi connectivity index (χ0) is 23.1. The molecule has 0 aliphatic rings. The third kappa shape index (κ3) is 16.0. The van der Waals surface area contributed by atoms with Crippen LogP contribution in [-0.2, 0) is 0 Å². The van der Waals surface area contributed by atoms with E-state index in [0.717, 1.165) is 0 Å². The van der Waals surface area contributed by atoms with E-state index < -0.39 is 32.3 Å². The van der Waals surface area contributed by atoms with Crippen LogP contribution in [0.3, 0.4) is 0 Å². The molecule has 0 unspecified atom stereocenters. The van der Waals surface area contributed by atoms with E-state index >= 15 is 0 Å². The Kier molecular flexibility index (Phi) is 12.5. The minimum absolute atomic E-state index is 1.13. The number of allylic oxidation sites excluding steroid dienone is 3. The van der Waals surface area contributed by atoms with Crippen molar-refractivity contribution in [3.05, 3.63) is 19.5 Å². The maximum absolute atomic E-state index is 3.43. The average molecular weight is 561 g/mol. The third-order valence-corrected chi connectivity index (χ3v) is 15.7. The lowest BCUT2D eigenvalue weighted by atomic mass is 10.3. The molecule has 0 nitrogen and oxygen atoms in total. The summed E-state index contributed by atoms with van der Waals surface area (Å²) >= 11 is 2.48. The number of rotatable bonds is 2. The Hall–Kier alpha value is 0.198. The van der Waals surface area contributed by atoms with Crippen molar-refractivity contribution in [1.29, 1.82) is 0 Å². The quantitative estimate of drug-likeness (QED) is 0.180. The third-order valence-electron chi connectivity index (χ3n) is 3.93. The fraction of sp³-hybridized carbons (Fsp3) is 0.652. The summed E-state index contributed by atoms with van der Waals surface area (Å²) in [6, 6.07) is 0. The van der Waals surface area contributed by atoms with Gasteiger partial charge < -0.3 is 0 Å². The molecule has 0 aromatic carbocycles. The normalized spacial score (nSPS) is 14.3. The summed E-state index contributed by atoms with van der Waals surface area (Å²) in [5.74, 6) is 6.70. The molecule has 0 aromatic heterocycles. The van der Waals surface area contributed by atoms with Gasteiger partial charge in [0.25, 0.3) is 0 Å². The van der Waals surface area contributed by atoms with E-state index in [1.807, 2.05) is 0 Å². The molecule has 0 radical (unpaired) electrons. The molecule has 0 spiro atoms. The van der Waals surface area contributed by atoms with Crippen molar-refractivity contribution < 1.29 is 0 Å². The van der Waals surface area contributed by atoms with Gasteiger partial charge in [-0.2, -0.15) is 0 Å². The molecule has 0 fully saturated rings. The molecule has 0 heterocycles. The second-order valence-electron chi connectivity index (χ2n) is 11.7. The summed E-state index contributed by atoms with van der Waals surface area (Å²) in [5.41, 5.74) is 9.46. The molecule has 5 heteroatoms. The largest absolute Gasteiger partial charge is 0.129 e. The molecule has 0 rings (SSSR count). The van der Waals surface area contributed by atoms with Crippen molar-refractivity contribution >= 4 is 54.9 Å². The number of halogens is 1. The lowest BCUT2D eigenvalue weighted by Crippen LogP contribution is -2.23. The van der Waals surface area contributed by atoms with Crippen LogP contribution in [0.25, 0.3) is 0 Å². The maximum atomic E-state index is 3.43. The van der Waals surface area contributed by atoms with Crippen molar-refractivity contribution in [2.45, 2.75) is 99.3 Å². The topological polar surface area (TPSA) is 0 Å². The van der Waals surface area contributed by atoms with Gasteiger partial charge in [-0.1, -0.05) is 118 Å². The lowest BCUT2D eigenvalue weighted by Gasteiger charge is -2.18. The second kappa shape index (κ2) is 11.6. The highest BCUT2D eigenvalue weighted by atomic mass is 127. The summed E-state index contributed by atoms with van der Waals surface area (Å²) in [4.78, 5) is 0. The Morgan fingerprint density at radius 1 is 0.536 bits per heavy atom. The predicted octanol–water partition coefficient (Wildman–Crippen LogP) is 8.53. The van der Waals surface area contributed by atoms with Crippen molar-refractivity contribution in [3.63, 3.8) is 0 Å². The van der Waals surface area contributed by atoms with Crippen LogP contribution in [0.5, 0.6) is 0 Å². The first-order valence-corrected chi connectivity index (χ1v) is 25.3. The Balaban J connectivity index is 0. The van der Waals surface area contributed by atoms with Crippen LogP contribution in [0.4, 0.5) is 0 Å². The lowest BCUT2D eigenvalue weighted by molar-refractivity contribution is 1.42. The second-order valence-corrected chi connectivity index (χ2v) is 33.5. The minimum atomic E-state index is -1.21. The van der Waals surface area contributed by atoms with Crippen LogP contribution in [-0.4, -0.2) is 32.3 Å². The molecule has 0 bridgehead atoms. The Labute approximate surface area is 195 Å². The molecule has 160 valence electrons. The van der Waals surface area contributed by atoms with Gasteiger partial charge in [-0.25, -0.2) is 0 Å². The van der Waals surface area contributed by atoms with Crippen LogP contribution in [0.2, 0.25) is 78.6 Å². The molecular weight excluding hydrogens is 516 g/mol. The first-order valence-electron chi connectivity index (χ1n) is 10.2. The zero-order valence-electron chi connectivity index (χ0n) is 21.4. The molecular formula is C23H45ISi4. The summed E-state index contributed by atoms with van der Waals surface area (Å²) in [7, 11) is -4.68. The summed E-state index contributed by atoms with van der Waals surface area (Å²) < 4.78 is 1.51. The van der Waals surface area contributed by atoms with E-state index in [1.165, 1.54) is 14.3 Å². The summed E-state index contributed by atoms with van der Waals surface area (Å²) in [5, 5.41) is 1.54. The van der Waals surface area contributed by atoms with E-state index in [0.29, 0.717) is 0 Å². The fourth-order valence-corrected chi connectivity index (χ4v) is 5.47. The van der Waals surface area contributed by atoms with E-state index in [4.69, 9.17) is 0 Å². The average Bonchev–Trinajstić information content (AvgIpc) is 2.46.